The van der Waals surface area contributed by atoms with Gasteiger partial charge in [-0.3, -0.25) is 0 Å². The number of benzene rings is 9. The van der Waals surface area contributed by atoms with E-state index in [2.05, 4.69) is 266 Å². The van der Waals surface area contributed by atoms with Gasteiger partial charge >= 0.3 is 0 Å². The highest BCUT2D eigenvalue weighted by Crippen LogP contribution is 2.53. The minimum absolute atomic E-state index is 0.0229. The molecule has 2 aliphatic rings. The Balaban J connectivity index is 1.08. The molecule has 65 heavy (non-hydrogen) atoms. The molecule has 2 heteroatoms. The molecule has 10 aromatic rings. The Morgan fingerprint density at radius 2 is 1.03 bits per heavy atom. The van der Waals surface area contributed by atoms with E-state index in [9.17, 15) is 0 Å². The van der Waals surface area contributed by atoms with Crippen molar-refractivity contribution in [2.24, 2.45) is 0 Å². The molecule has 2 nitrogen and oxygen atoms in total. The summed E-state index contributed by atoms with van der Waals surface area (Å²) in [4.78, 5) is 2.60. The molecule has 12 rings (SSSR count). The Morgan fingerprint density at radius 1 is 0.446 bits per heavy atom. The summed E-state index contributed by atoms with van der Waals surface area (Å²) < 4.78 is 2.43. The molecule has 310 valence electrons. The molecule has 2 unspecified atom stereocenters. The van der Waals surface area contributed by atoms with E-state index < -0.39 is 0 Å². The van der Waals surface area contributed by atoms with E-state index in [4.69, 9.17) is 0 Å². The first kappa shape index (κ1) is 38.7. The molecule has 0 saturated carbocycles. The summed E-state index contributed by atoms with van der Waals surface area (Å²) in [5, 5.41) is 2.48. The second-order valence-electron chi connectivity index (χ2n) is 18.0. The second-order valence-corrected chi connectivity index (χ2v) is 18.0. The minimum atomic E-state index is -0.0911. The van der Waals surface area contributed by atoms with Gasteiger partial charge in [0.05, 0.1) is 17.1 Å². The quantitative estimate of drug-likeness (QED) is 0.148. The van der Waals surface area contributed by atoms with Gasteiger partial charge in [-0.2, -0.15) is 0 Å². The number of nitrogens with zero attached hydrogens (tertiary/aromatic N) is 2. The average Bonchev–Trinajstić information content (AvgIpc) is 3.83. The van der Waals surface area contributed by atoms with Gasteiger partial charge in [-0.05, 0) is 104 Å². The molecule has 1 aromatic heterocycles. The first-order valence-electron chi connectivity index (χ1n) is 22.8. The molecule has 2 atom stereocenters. The zero-order chi connectivity index (χ0) is 43.5. The third kappa shape index (κ3) is 6.39. The van der Waals surface area contributed by atoms with Crippen LogP contribution in [0.3, 0.4) is 0 Å². The lowest BCUT2D eigenvalue weighted by atomic mass is 9.75. The number of hydrogen-bond acceptors (Lipinski definition) is 1. The SMILES string of the molecule is CC1(C)c2ccccc2-c2c(-c3ccc(N(c4ccc5c6ccccc6n(-c6ccccc6)c5c4)C4C=CC=C(c5ccccc5)C4c4ccccc4-c4ccccc4)cc3)cccc21. The summed E-state index contributed by atoms with van der Waals surface area (Å²) in [7, 11) is 0. The van der Waals surface area contributed by atoms with Gasteiger partial charge in [0.2, 0.25) is 0 Å². The molecule has 2 aliphatic carbocycles. The van der Waals surface area contributed by atoms with Crippen LogP contribution < -0.4 is 4.90 Å². The predicted molar refractivity (Wildman–Crippen MR) is 274 cm³/mol. The van der Waals surface area contributed by atoms with Gasteiger partial charge in [0.25, 0.3) is 0 Å². The van der Waals surface area contributed by atoms with Crippen molar-refractivity contribution >= 4 is 38.8 Å². The summed E-state index contributed by atoms with van der Waals surface area (Å²) in [6.45, 7) is 4.72. The van der Waals surface area contributed by atoms with Gasteiger partial charge in [-0.25, -0.2) is 0 Å². The highest BCUT2D eigenvalue weighted by atomic mass is 15.2. The Morgan fingerprint density at radius 3 is 1.82 bits per heavy atom. The Kier molecular flexibility index (Phi) is 9.35. The molecular formula is C63H48N2. The van der Waals surface area contributed by atoms with E-state index in [0.29, 0.717) is 0 Å². The molecule has 9 aromatic carbocycles. The van der Waals surface area contributed by atoms with E-state index in [1.54, 1.807) is 0 Å². The lowest BCUT2D eigenvalue weighted by Gasteiger charge is -2.41. The summed E-state index contributed by atoms with van der Waals surface area (Å²) in [6.07, 6.45) is 7.04. The van der Waals surface area contributed by atoms with E-state index in [1.807, 2.05) is 0 Å². The van der Waals surface area contributed by atoms with Gasteiger partial charge in [0, 0.05) is 39.2 Å². The van der Waals surface area contributed by atoms with Crippen LogP contribution in [0.5, 0.6) is 0 Å². The fourth-order valence-electron chi connectivity index (χ4n) is 11.1. The third-order valence-corrected chi connectivity index (χ3v) is 14.1. The van der Waals surface area contributed by atoms with E-state index in [1.165, 1.54) is 83.0 Å². The Hall–Kier alpha value is -7.94. The normalized spacial score (nSPS) is 16.0. The fraction of sp³-hybridized carbons (Fsp3) is 0.0794. The molecule has 0 radical (unpaired) electrons. The molecular weight excluding hydrogens is 785 g/mol. The Labute approximate surface area is 381 Å². The molecule has 0 N–H and O–H groups in total. The van der Waals surface area contributed by atoms with Gasteiger partial charge in [-0.1, -0.05) is 214 Å². The molecule has 0 saturated heterocycles. The maximum Gasteiger partial charge on any atom is 0.0635 e. The maximum atomic E-state index is 2.60. The van der Waals surface area contributed by atoms with Gasteiger partial charge in [-0.15, -0.1) is 0 Å². The summed E-state index contributed by atoms with van der Waals surface area (Å²) in [6, 6.07) is 82.7. The first-order chi connectivity index (χ1) is 32.0. The summed E-state index contributed by atoms with van der Waals surface area (Å²) >= 11 is 0. The number of allylic oxidation sites excluding steroid dienone is 2. The summed E-state index contributed by atoms with van der Waals surface area (Å²) in [5.74, 6) is -0.0229. The van der Waals surface area contributed by atoms with Crippen LogP contribution in [-0.4, -0.2) is 10.6 Å². The van der Waals surface area contributed by atoms with Crippen LogP contribution in [0.15, 0.2) is 243 Å². The standard InChI is InChI=1S/C63H48N2/c1-63(2)56-32-16-14-29-55(56)61-50(30-18-33-57(61)63)45-36-38-47(39-37-45)64(48-40-41-53-52-27-15-17-34-58(52)65(60(53)42-48)46-24-10-5-11-25-46)59-35-19-31-51(44-22-8-4-9-23-44)62(59)54-28-13-12-26-49(54)43-20-6-3-7-21-43/h3-42,59,62H,1-2H3. The number of rotatable bonds is 8. The van der Waals surface area contributed by atoms with Crippen molar-refractivity contribution in [3.63, 3.8) is 0 Å². The molecule has 0 bridgehead atoms. The molecule has 1 heterocycles. The number of para-hydroxylation sites is 2. The molecule has 0 fully saturated rings. The van der Waals surface area contributed by atoms with E-state index in [-0.39, 0.29) is 17.4 Å². The highest BCUT2D eigenvalue weighted by Gasteiger charge is 2.38. The number of aromatic nitrogens is 1. The minimum Gasteiger partial charge on any atom is -0.333 e. The highest BCUT2D eigenvalue weighted by molar-refractivity contribution is 6.10. The van der Waals surface area contributed by atoms with Crippen molar-refractivity contribution < 1.29 is 0 Å². The van der Waals surface area contributed by atoms with Crippen LogP contribution in [-0.2, 0) is 5.41 Å². The van der Waals surface area contributed by atoms with Crippen molar-refractivity contribution in [1.82, 2.24) is 4.57 Å². The van der Waals surface area contributed by atoms with Crippen molar-refractivity contribution in [2.75, 3.05) is 4.90 Å². The average molecular weight is 833 g/mol. The van der Waals surface area contributed by atoms with Crippen LogP contribution in [0.4, 0.5) is 11.4 Å². The van der Waals surface area contributed by atoms with Crippen molar-refractivity contribution in [1.29, 1.82) is 0 Å². The van der Waals surface area contributed by atoms with Gasteiger partial charge in [0.1, 0.15) is 0 Å². The van der Waals surface area contributed by atoms with Crippen molar-refractivity contribution in [3.05, 3.63) is 265 Å². The first-order valence-corrected chi connectivity index (χ1v) is 22.8. The van der Waals surface area contributed by atoms with Crippen molar-refractivity contribution in [3.8, 4) is 39.1 Å². The predicted octanol–water partition coefficient (Wildman–Crippen LogP) is 16.4. The van der Waals surface area contributed by atoms with Crippen LogP contribution in [0.1, 0.15) is 42.0 Å². The Bertz CT molecular complexity index is 3450. The topological polar surface area (TPSA) is 8.17 Å². The van der Waals surface area contributed by atoms with Crippen LogP contribution in [0.2, 0.25) is 0 Å². The monoisotopic (exact) mass is 832 g/mol. The van der Waals surface area contributed by atoms with E-state index in [0.717, 1.165) is 17.1 Å². The van der Waals surface area contributed by atoms with E-state index >= 15 is 0 Å². The zero-order valence-corrected chi connectivity index (χ0v) is 36.6. The van der Waals surface area contributed by atoms with Crippen molar-refractivity contribution in [2.45, 2.75) is 31.2 Å². The lowest BCUT2D eigenvalue weighted by Crippen LogP contribution is -2.37. The van der Waals surface area contributed by atoms with Crippen LogP contribution in [0.25, 0.3) is 66.4 Å². The van der Waals surface area contributed by atoms with Gasteiger partial charge in [0.15, 0.2) is 0 Å². The maximum absolute atomic E-state index is 2.60. The smallest absolute Gasteiger partial charge is 0.0635 e. The summed E-state index contributed by atoms with van der Waals surface area (Å²) in [5.41, 5.74) is 20.0. The number of anilines is 2. The molecule has 0 aliphatic heterocycles. The van der Waals surface area contributed by atoms with Crippen LogP contribution >= 0.6 is 0 Å². The van der Waals surface area contributed by atoms with Crippen LogP contribution in [0, 0.1) is 0 Å². The molecule has 0 amide bonds. The fourth-order valence-corrected chi connectivity index (χ4v) is 11.1. The number of hydrogen-bond donors (Lipinski definition) is 0. The van der Waals surface area contributed by atoms with Gasteiger partial charge < -0.3 is 9.47 Å². The lowest BCUT2D eigenvalue weighted by molar-refractivity contribution is 0.660. The zero-order valence-electron chi connectivity index (χ0n) is 36.6. The number of fused-ring (bicyclic) bond motifs is 6. The molecule has 0 spiro atoms. The second kappa shape index (κ2) is 15.7. The third-order valence-electron chi connectivity index (χ3n) is 14.1. The largest absolute Gasteiger partial charge is 0.333 e.